The van der Waals surface area contributed by atoms with Crippen molar-refractivity contribution in [3.8, 4) is 11.5 Å². The van der Waals surface area contributed by atoms with Crippen LogP contribution in [0.25, 0.3) is 0 Å². The van der Waals surface area contributed by atoms with E-state index in [1.165, 1.54) is 11.8 Å². The van der Waals surface area contributed by atoms with Gasteiger partial charge in [0.2, 0.25) is 0 Å². The number of hydrogen-bond donors (Lipinski definition) is 1. The van der Waals surface area contributed by atoms with Gasteiger partial charge in [0.15, 0.2) is 10.9 Å². The van der Waals surface area contributed by atoms with Crippen LogP contribution in [0, 0.1) is 0 Å². The third-order valence-electron chi connectivity index (χ3n) is 2.28. The lowest BCUT2D eigenvalue weighted by molar-refractivity contribution is 0.484. The minimum atomic E-state index is 0.513. The Labute approximate surface area is 111 Å². The molecule has 0 radical (unpaired) electrons. The van der Waals surface area contributed by atoms with E-state index in [1.807, 2.05) is 60.9 Å². The lowest BCUT2D eigenvalue weighted by atomic mass is 10.3. The molecule has 0 saturated carbocycles. The molecule has 0 heterocycles. The molecule has 0 aliphatic rings. The molecule has 92 valence electrons. The average Bonchev–Trinajstić information content (AvgIpc) is 2.42. The number of aliphatic imine (C=N–C) groups is 1. The molecule has 3 nitrogen and oxygen atoms in total. The molecule has 0 unspecified atom stereocenters. The molecule has 0 spiro atoms. The number of para-hydroxylation sites is 3. The van der Waals surface area contributed by atoms with Crippen molar-refractivity contribution in [3.05, 3.63) is 54.6 Å². The van der Waals surface area contributed by atoms with Crippen LogP contribution in [0.2, 0.25) is 0 Å². The highest BCUT2D eigenvalue weighted by Gasteiger charge is 2.03. The van der Waals surface area contributed by atoms with Crippen LogP contribution in [0.15, 0.2) is 59.6 Å². The average molecular weight is 258 g/mol. The molecule has 4 heteroatoms. The van der Waals surface area contributed by atoms with E-state index in [4.69, 9.17) is 10.5 Å². The number of benzene rings is 2. The first-order valence-electron chi connectivity index (χ1n) is 5.49. The van der Waals surface area contributed by atoms with Gasteiger partial charge in [0.25, 0.3) is 0 Å². The van der Waals surface area contributed by atoms with Crippen molar-refractivity contribution < 1.29 is 4.74 Å². The zero-order chi connectivity index (χ0) is 12.8. The van der Waals surface area contributed by atoms with Gasteiger partial charge >= 0.3 is 0 Å². The summed E-state index contributed by atoms with van der Waals surface area (Å²) in [4.78, 5) is 4.31. The SMILES string of the molecule is CSC(N)=Nc1ccccc1Oc1ccccc1. The lowest BCUT2D eigenvalue weighted by Crippen LogP contribution is -2.04. The molecule has 0 aliphatic carbocycles. The van der Waals surface area contributed by atoms with Crippen LogP contribution in [0.1, 0.15) is 0 Å². The minimum Gasteiger partial charge on any atom is -0.455 e. The zero-order valence-electron chi connectivity index (χ0n) is 10.0. The van der Waals surface area contributed by atoms with Crippen molar-refractivity contribution in [1.82, 2.24) is 0 Å². The van der Waals surface area contributed by atoms with Crippen LogP contribution in [0.4, 0.5) is 5.69 Å². The third kappa shape index (κ3) is 3.28. The summed E-state index contributed by atoms with van der Waals surface area (Å²) in [5.41, 5.74) is 6.45. The first-order chi connectivity index (χ1) is 8.79. The summed E-state index contributed by atoms with van der Waals surface area (Å²) >= 11 is 1.41. The molecule has 2 aromatic rings. The molecule has 0 bridgehead atoms. The standard InChI is InChI=1S/C14H14N2OS/c1-18-14(15)16-12-9-5-6-10-13(12)17-11-7-3-2-4-8-11/h2-10H,1H3,(H2,15,16). The van der Waals surface area contributed by atoms with E-state index < -0.39 is 0 Å². The van der Waals surface area contributed by atoms with Crippen molar-refractivity contribution in [3.63, 3.8) is 0 Å². The van der Waals surface area contributed by atoms with Crippen molar-refractivity contribution in [1.29, 1.82) is 0 Å². The van der Waals surface area contributed by atoms with E-state index in [1.54, 1.807) is 0 Å². The van der Waals surface area contributed by atoms with Gasteiger partial charge in [0.1, 0.15) is 11.4 Å². The van der Waals surface area contributed by atoms with Gasteiger partial charge in [-0.3, -0.25) is 0 Å². The van der Waals surface area contributed by atoms with Crippen LogP contribution >= 0.6 is 11.8 Å². The van der Waals surface area contributed by atoms with E-state index in [2.05, 4.69) is 4.99 Å². The number of amidine groups is 1. The van der Waals surface area contributed by atoms with Crippen molar-refractivity contribution >= 4 is 22.6 Å². The predicted octanol–water partition coefficient (Wildman–Crippen LogP) is 3.79. The molecular weight excluding hydrogens is 244 g/mol. The molecule has 0 fully saturated rings. The molecular formula is C14H14N2OS. The minimum absolute atomic E-state index is 0.513. The fourth-order valence-electron chi connectivity index (χ4n) is 1.42. The Morgan fingerprint density at radius 3 is 2.44 bits per heavy atom. The predicted molar refractivity (Wildman–Crippen MR) is 77.8 cm³/mol. The number of hydrogen-bond acceptors (Lipinski definition) is 3. The summed E-state index contributed by atoms with van der Waals surface area (Å²) in [6, 6.07) is 17.2. The first kappa shape index (κ1) is 12.5. The van der Waals surface area contributed by atoms with E-state index in [0.29, 0.717) is 10.9 Å². The van der Waals surface area contributed by atoms with Gasteiger partial charge in [0.05, 0.1) is 0 Å². The Morgan fingerprint density at radius 1 is 1.06 bits per heavy atom. The maximum absolute atomic E-state index is 5.78. The zero-order valence-corrected chi connectivity index (χ0v) is 10.9. The largest absolute Gasteiger partial charge is 0.455 e. The second-order valence-electron chi connectivity index (χ2n) is 3.54. The molecule has 0 atom stereocenters. The smallest absolute Gasteiger partial charge is 0.159 e. The highest BCUT2D eigenvalue weighted by molar-refractivity contribution is 8.13. The maximum Gasteiger partial charge on any atom is 0.159 e. The van der Waals surface area contributed by atoms with Crippen LogP contribution < -0.4 is 10.5 Å². The molecule has 0 amide bonds. The number of ether oxygens (including phenoxy) is 1. The molecule has 0 saturated heterocycles. The maximum atomic E-state index is 5.78. The Bertz CT molecular complexity index is 541. The molecule has 0 aliphatic heterocycles. The van der Waals surface area contributed by atoms with Crippen molar-refractivity contribution in [2.24, 2.45) is 10.7 Å². The molecule has 0 aromatic heterocycles. The summed E-state index contributed by atoms with van der Waals surface area (Å²) in [5.74, 6) is 1.48. The topological polar surface area (TPSA) is 47.6 Å². The summed E-state index contributed by atoms with van der Waals surface area (Å²) in [6.45, 7) is 0. The van der Waals surface area contributed by atoms with Gasteiger partial charge < -0.3 is 10.5 Å². The van der Waals surface area contributed by atoms with Gasteiger partial charge in [-0.15, -0.1) is 0 Å². The second-order valence-corrected chi connectivity index (χ2v) is 4.36. The summed E-state index contributed by atoms with van der Waals surface area (Å²) < 4.78 is 5.78. The van der Waals surface area contributed by atoms with Crippen LogP contribution in [0.5, 0.6) is 11.5 Å². The molecule has 2 aromatic carbocycles. The number of nitrogens with zero attached hydrogens (tertiary/aromatic N) is 1. The monoisotopic (exact) mass is 258 g/mol. The number of thioether (sulfide) groups is 1. The second kappa shape index (κ2) is 6.12. The van der Waals surface area contributed by atoms with Crippen LogP contribution in [0.3, 0.4) is 0 Å². The highest BCUT2D eigenvalue weighted by atomic mass is 32.2. The summed E-state index contributed by atoms with van der Waals surface area (Å²) in [6.07, 6.45) is 1.89. The molecule has 2 rings (SSSR count). The van der Waals surface area contributed by atoms with Crippen molar-refractivity contribution in [2.45, 2.75) is 0 Å². The third-order valence-corrected chi connectivity index (χ3v) is 2.79. The Morgan fingerprint density at radius 2 is 1.72 bits per heavy atom. The molecule has 18 heavy (non-hydrogen) atoms. The fourth-order valence-corrected chi connectivity index (χ4v) is 1.61. The van der Waals surface area contributed by atoms with Gasteiger partial charge in [-0.25, -0.2) is 4.99 Å². The van der Waals surface area contributed by atoms with Gasteiger partial charge in [-0.1, -0.05) is 42.1 Å². The fraction of sp³-hybridized carbons (Fsp3) is 0.0714. The Hall–Kier alpha value is -1.94. The normalized spacial score (nSPS) is 11.3. The van der Waals surface area contributed by atoms with Gasteiger partial charge in [0, 0.05) is 0 Å². The van der Waals surface area contributed by atoms with Gasteiger partial charge in [-0.2, -0.15) is 0 Å². The van der Waals surface area contributed by atoms with E-state index >= 15 is 0 Å². The Balaban J connectivity index is 2.28. The number of nitrogens with two attached hydrogens (primary N) is 1. The van der Waals surface area contributed by atoms with E-state index in [9.17, 15) is 0 Å². The summed E-state index contributed by atoms with van der Waals surface area (Å²) in [5, 5.41) is 0.513. The van der Waals surface area contributed by atoms with Crippen LogP contribution in [-0.2, 0) is 0 Å². The van der Waals surface area contributed by atoms with Crippen molar-refractivity contribution in [2.75, 3.05) is 6.26 Å². The lowest BCUT2D eigenvalue weighted by Gasteiger charge is -2.08. The quantitative estimate of drug-likeness (QED) is 0.673. The van der Waals surface area contributed by atoms with E-state index in [0.717, 1.165) is 11.4 Å². The first-order valence-corrected chi connectivity index (χ1v) is 6.72. The molecule has 2 N–H and O–H groups in total. The Kier molecular flexibility index (Phi) is 4.25. The summed E-state index contributed by atoms with van der Waals surface area (Å²) in [7, 11) is 0. The van der Waals surface area contributed by atoms with Crippen LogP contribution in [-0.4, -0.2) is 11.4 Å². The van der Waals surface area contributed by atoms with E-state index in [-0.39, 0.29) is 0 Å². The highest BCUT2D eigenvalue weighted by Crippen LogP contribution is 2.31. The van der Waals surface area contributed by atoms with Gasteiger partial charge in [-0.05, 0) is 30.5 Å². The number of rotatable bonds is 3.